The topological polar surface area (TPSA) is 40.5 Å². The van der Waals surface area contributed by atoms with Crippen LogP contribution in [0.15, 0.2) is 18.2 Å². The van der Waals surface area contributed by atoms with Gasteiger partial charge in [-0.05, 0) is 55.2 Å². The molecule has 3 nitrogen and oxygen atoms in total. The van der Waals surface area contributed by atoms with Crippen LogP contribution in [-0.2, 0) is 24.1 Å². The lowest BCUT2D eigenvalue weighted by atomic mass is 9.90. The first kappa shape index (κ1) is 13.6. The number of hydrogen-bond donors (Lipinski definition) is 1. The maximum Gasteiger partial charge on any atom is 0.227 e. The highest BCUT2D eigenvalue weighted by atomic mass is 16.3. The third-order valence-electron chi connectivity index (χ3n) is 4.52. The first-order valence-corrected chi connectivity index (χ1v) is 7.79. The normalized spacial score (nSPS) is 22.4. The zero-order valence-electron chi connectivity index (χ0n) is 12.0. The number of likely N-dealkylation sites (tertiary alicyclic amines) is 1. The molecule has 1 N–H and O–H groups in total. The van der Waals surface area contributed by atoms with Crippen molar-refractivity contribution in [2.45, 2.75) is 51.0 Å². The lowest BCUT2D eigenvalue weighted by Gasteiger charge is -2.30. The van der Waals surface area contributed by atoms with Crippen molar-refractivity contribution >= 4 is 5.91 Å². The zero-order chi connectivity index (χ0) is 13.9. The number of carbonyl (C=O) groups is 1. The van der Waals surface area contributed by atoms with E-state index in [1.54, 1.807) is 0 Å². The van der Waals surface area contributed by atoms with Gasteiger partial charge in [0.05, 0.1) is 12.5 Å². The summed E-state index contributed by atoms with van der Waals surface area (Å²) in [4.78, 5) is 14.1. The number of fused-ring (bicyclic) bond motifs is 1. The Morgan fingerprint density at radius 2 is 2.00 bits per heavy atom. The molecule has 108 valence electrons. The molecule has 1 amide bonds. The Balaban J connectivity index is 1.66. The zero-order valence-corrected chi connectivity index (χ0v) is 12.0. The number of rotatable bonds is 2. The summed E-state index contributed by atoms with van der Waals surface area (Å²) in [6.07, 6.45) is 6.76. The molecule has 3 heteroatoms. The van der Waals surface area contributed by atoms with Crippen LogP contribution in [0.1, 0.15) is 42.4 Å². The van der Waals surface area contributed by atoms with Crippen LogP contribution in [0.4, 0.5) is 0 Å². The number of aliphatic hydroxyl groups is 1. The molecule has 20 heavy (non-hydrogen) atoms. The van der Waals surface area contributed by atoms with E-state index in [1.807, 2.05) is 4.90 Å². The van der Waals surface area contributed by atoms with Crippen LogP contribution < -0.4 is 0 Å². The van der Waals surface area contributed by atoms with Crippen LogP contribution in [0.5, 0.6) is 0 Å². The van der Waals surface area contributed by atoms with Crippen LogP contribution in [0.25, 0.3) is 0 Å². The highest BCUT2D eigenvalue weighted by Gasteiger charge is 2.22. The standard InChI is InChI=1S/C17H23NO2/c19-16-6-3-9-18(12-16)17(20)11-13-7-8-14-4-1-2-5-15(14)10-13/h7-8,10,16,19H,1-6,9,11-12H2/t16-/m0/s1. The number of piperidine rings is 1. The lowest BCUT2D eigenvalue weighted by molar-refractivity contribution is -0.133. The van der Waals surface area contributed by atoms with Gasteiger partial charge < -0.3 is 10.0 Å². The smallest absolute Gasteiger partial charge is 0.227 e. The first-order chi connectivity index (χ1) is 9.72. The van der Waals surface area contributed by atoms with Crippen LogP contribution >= 0.6 is 0 Å². The van der Waals surface area contributed by atoms with E-state index in [1.165, 1.54) is 30.4 Å². The van der Waals surface area contributed by atoms with Gasteiger partial charge in [-0.3, -0.25) is 4.79 Å². The van der Waals surface area contributed by atoms with E-state index in [0.29, 0.717) is 13.0 Å². The van der Waals surface area contributed by atoms with Gasteiger partial charge in [-0.1, -0.05) is 18.2 Å². The second-order valence-corrected chi connectivity index (χ2v) is 6.12. The van der Waals surface area contributed by atoms with Crippen molar-refractivity contribution < 1.29 is 9.90 Å². The molecule has 1 aromatic rings. The minimum atomic E-state index is -0.337. The summed E-state index contributed by atoms with van der Waals surface area (Å²) in [5, 5.41) is 9.66. The van der Waals surface area contributed by atoms with E-state index in [2.05, 4.69) is 18.2 Å². The van der Waals surface area contributed by atoms with Crippen molar-refractivity contribution in [1.82, 2.24) is 4.90 Å². The third-order valence-corrected chi connectivity index (χ3v) is 4.52. The summed E-state index contributed by atoms with van der Waals surface area (Å²) < 4.78 is 0. The van der Waals surface area contributed by atoms with E-state index in [9.17, 15) is 9.90 Å². The molecule has 0 aromatic heterocycles. The molecular weight excluding hydrogens is 250 g/mol. The summed E-state index contributed by atoms with van der Waals surface area (Å²) in [5.74, 6) is 0.152. The molecular formula is C17H23NO2. The van der Waals surface area contributed by atoms with Gasteiger partial charge in [0, 0.05) is 13.1 Å². The van der Waals surface area contributed by atoms with Crippen molar-refractivity contribution in [3.8, 4) is 0 Å². The fourth-order valence-corrected chi connectivity index (χ4v) is 3.36. The summed E-state index contributed by atoms with van der Waals surface area (Å²) >= 11 is 0. The van der Waals surface area contributed by atoms with Gasteiger partial charge in [0.1, 0.15) is 0 Å². The Hall–Kier alpha value is -1.35. The quantitative estimate of drug-likeness (QED) is 0.896. The molecule has 1 aliphatic heterocycles. The van der Waals surface area contributed by atoms with Gasteiger partial charge >= 0.3 is 0 Å². The fourth-order valence-electron chi connectivity index (χ4n) is 3.36. The lowest BCUT2D eigenvalue weighted by Crippen LogP contribution is -2.42. The number of β-amino-alcohol motifs (C(OH)–C–C–N with tert-alkyl or cyclic N) is 1. The first-order valence-electron chi connectivity index (χ1n) is 7.79. The Morgan fingerprint density at radius 1 is 1.20 bits per heavy atom. The van der Waals surface area contributed by atoms with Crippen LogP contribution in [0.3, 0.4) is 0 Å². The highest BCUT2D eigenvalue weighted by molar-refractivity contribution is 5.79. The predicted octanol–water partition coefficient (Wildman–Crippen LogP) is 2.09. The molecule has 0 bridgehead atoms. The van der Waals surface area contributed by atoms with E-state index in [-0.39, 0.29) is 12.0 Å². The number of aliphatic hydroxyl groups excluding tert-OH is 1. The Kier molecular flexibility index (Phi) is 4.06. The van der Waals surface area contributed by atoms with Crippen LogP contribution in [0.2, 0.25) is 0 Å². The molecule has 1 aliphatic carbocycles. The Bertz CT molecular complexity index is 498. The van der Waals surface area contributed by atoms with Gasteiger partial charge in [-0.15, -0.1) is 0 Å². The Morgan fingerprint density at radius 3 is 2.80 bits per heavy atom. The average molecular weight is 273 g/mol. The molecule has 0 radical (unpaired) electrons. The van der Waals surface area contributed by atoms with Crippen molar-refractivity contribution in [1.29, 1.82) is 0 Å². The van der Waals surface area contributed by atoms with Gasteiger partial charge in [0.2, 0.25) is 5.91 Å². The van der Waals surface area contributed by atoms with E-state index < -0.39 is 0 Å². The molecule has 1 atom stereocenters. The number of amides is 1. The minimum Gasteiger partial charge on any atom is -0.391 e. The maximum absolute atomic E-state index is 12.3. The van der Waals surface area contributed by atoms with Crippen molar-refractivity contribution in [2.24, 2.45) is 0 Å². The number of benzene rings is 1. The molecule has 1 heterocycles. The molecule has 1 aromatic carbocycles. The maximum atomic E-state index is 12.3. The molecule has 2 aliphatic rings. The Labute approximate surface area is 120 Å². The number of aryl methyl sites for hydroxylation is 2. The monoisotopic (exact) mass is 273 g/mol. The molecule has 1 fully saturated rings. The fraction of sp³-hybridized carbons (Fsp3) is 0.588. The largest absolute Gasteiger partial charge is 0.391 e. The molecule has 0 saturated carbocycles. The predicted molar refractivity (Wildman–Crippen MR) is 78.6 cm³/mol. The highest BCUT2D eigenvalue weighted by Crippen LogP contribution is 2.23. The molecule has 3 rings (SSSR count). The van der Waals surface area contributed by atoms with Gasteiger partial charge in [-0.25, -0.2) is 0 Å². The minimum absolute atomic E-state index is 0.152. The van der Waals surface area contributed by atoms with Gasteiger partial charge in [-0.2, -0.15) is 0 Å². The van der Waals surface area contributed by atoms with E-state index in [0.717, 1.165) is 31.4 Å². The number of carbonyl (C=O) groups excluding carboxylic acids is 1. The second kappa shape index (κ2) is 5.96. The van der Waals surface area contributed by atoms with Crippen LogP contribution in [-0.4, -0.2) is 35.1 Å². The van der Waals surface area contributed by atoms with Crippen molar-refractivity contribution in [3.63, 3.8) is 0 Å². The third kappa shape index (κ3) is 3.04. The average Bonchev–Trinajstić information content (AvgIpc) is 2.47. The summed E-state index contributed by atoms with van der Waals surface area (Å²) in [6.45, 7) is 1.30. The van der Waals surface area contributed by atoms with Crippen molar-refractivity contribution in [2.75, 3.05) is 13.1 Å². The van der Waals surface area contributed by atoms with Crippen molar-refractivity contribution in [3.05, 3.63) is 34.9 Å². The number of nitrogens with zero attached hydrogens (tertiary/aromatic N) is 1. The molecule has 0 unspecified atom stereocenters. The van der Waals surface area contributed by atoms with E-state index in [4.69, 9.17) is 0 Å². The summed E-state index contributed by atoms with van der Waals surface area (Å²) in [6, 6.07) is 6.51. The summed E-state index contributed by atoms with van der Waals surface area (Å²) in [7, 11) is 0. The summed E-state index contributed by atoms with van der Waals surface area (Å²) in [5.41, 5.74) is 4.01. The van der Waals surface area contributed by atoms with E-state index >= 15 is 0 Å². The molecule has 1 saturated heterocycles. The van der Waals surface area contributed by atoms with Gasteiger partial charge in [0.15, 0.2) is 0 Å². The SMILES string of the molecule is O=C(Cc1ccc2c(c1)CCCC2)N1CCC[C@H](O)C1. The second-order valence-electron chi connectivity index (χ2n) is 6.12. The molecule has 0 spiro atoms. The van der Waals surface area contributed by atoms with Crippen LogP contribution in [0, 0.1) is 0 Å². The van der Waals surface area contributed by atoms with Gasteiger partial charge in [0.25, 0.3) is 0 Å². The number of hydrogen-bond acceptors (Lipinski definition) is 2.